The van der Waals surface area contributed by atoms with E-state index in [0.717, 1.165) is 40.3 Å². The number of hydrogen-bond acceptors (Lipinski definition) is 5. The zero-order valence-corrected chi connectivity index (χ0v) is 17.5. The Balaban J connectivity index is 1.59. The van der Waals surface area contributed by atoms with Crippen LogP contribution in [-0.2, 0) is 18.5 Å². The van der Waals surface area contributed by atoms with Gasteiger partial charge in [0.25, 0.3) is 0 Å². The third-order valence-corrected chi connectivity index (χ3v) is 5.17. The van der Waals surface area contributed by atoms with Crippen molar-refractivity contribution in [2.24, 2.45) is 4.99 Å². The first-order chi connectivity index (χ1) is 12.9. The summed E-state index contributed by atoms with van der Waals surface area (Å²) in [6, 6.07) is 6.07. The molecule has 0 fully saturated rings. The smallest absolute Gasteiger partial charge is 0.194 e. The van der Waals surface area contributed by atoms with Gasteiger partial charge in [0.05, 0.1) is 12.2 Å². The summed E-state index contributed by atoms with van der Waals surface area (Å²) in [6.07, 6.45) is 0. The van der Waals surface area contributed by atoms with Crippen molar-refractivity contribution in [3.63, 3.8) is 0 Å². The zero-order chi connectivity index (χ0) is 19.4. The van der Waals surface area contributed by atoms with Crippen LogP contribution in [0.4, 0.5) is 0 Å². The first-order valence-electron chi connectivity index (χ1n) is 9.12. The van der Waals surface area contributed by atoms with Gasteiger partial charge in [-0.05, 0) is 17.7 Å². The number of nitrogens with one attached hydrogen (secondary N) is 1. The van der Waals surface area contributed by atoms with Gasteiger partial charge >= 0.3 is 0 Å². The summed E-state index contributed by atoms with van der Waals surface area (Å²) in [5, 5.41) is 6.60. The maximum Gasteiger partial charge on any atom is 0.194 e. The normalized spacial score (nSPS) is 14.2. The molecule has 0 spiro atoms. The molecule has 2 aromatic rings. The fraction of sp³-hybridized carbons (Fsp3) is 0.500. The Bertz CT molecular complexity index is 811. The van der Waals surface area contributed by atoms with E-state index in [1.165, 1.54) is 0 Å². The minimum atomic E-state index is 0.0749. The van der Waals surface area contributed by atoms with E-state index < -0.39 is 0 Å². The van der Waals surface area contributed by atoms with E-state index in [2.05, 4.69) is 47.4 Å². The van der Waals surface area contributed by atoms with Gasteiger partial charge in [-0.3, -0.25) is 4.99 Å². The summed E-state index contributed by atoms with van der Waals surface area (Å²) >= 11 is 1.68. The number of rotatable bonds is 4. The van der Waals surface area contributed by atoms with Gasteiger partial charge in [-0.15, -0.1) is 11.3 Å². The number of thiazole rings is 1. The van der Waals surface area contributed by atoms with Gasteiger partial charge in [-0.25, -0.2) is 4.98 Å². The van der Waals surface area contributed by atoms with Gasteiger partial charge in [-0.2, -0.15) is 0 Å². The number of fused-ring (bicyclic) bond motifs is 1. The van der Waals surface area contributed by atoms with E-state index in [0.29, 0.717) is 19.8 Å². The molecule has 146 valence electrons. The molecular formula is C20H28N4O2S. The number of ether oxygens (including phenoxy) is 2. The maximum atomic E-state index is 5.67. The molecule has 6 nitrogen and oxygen atoms in total. The molecule has 0 bridgehead atoms. The fourth-order valence-electron chi connectivity index (χ4n) is 2.81. The summed E-state index contributed by atoms with van der Waals surface area (Å²) in [5.74, 6) is 2.46. The molecule has 1 aliphatic heterocycles. The number of hydrogen-bond donors (Lipinski definition) is 1. The Morgan fingerprint density at radius 3 is 2.67 bits per heavy atom. The van der Waals surface area contributed by atoms with Crippen LogP contribution in [0.15, 0.2) is 28.6 Å². The van der Waals surface area contributed by atoms with Gasteiger partial charge < -0.3 is 19.7 Å². The van der Waals surface area contributed by atoms with Crippen molar-refractivity contribution in [1.29, 1.82) is 0 Å². The minimum Gasteiger partial charge on any atom is -0.486 e. The molecule has 1 aliphatic rings. The van der Waals surface area contributed by atoms with Crippen LogP contribution < -0.4 is 14.8 Å². The van der Waals surface area contributed by atoms with Crippen molar-refractivity contribution >= 4 is 17.3 Å². The molecule has 0 unspecified atom stereocenters. The Labute approximate surface area is 165 Å². The highest BCUT2D eigenvalue weighted by Crippen LogP contribution is 2.31. The van der Waals surface area contributed by atoms with Crippen LogP contribution in [0, 0.1) is 0 Å². The molecule has 3 rings (SSSR count). The molecular weight excluding hydrogens is 360 g/mol. The first-order valence-corrected chi connectivity index (χ1v) is 10.00. The number of guanidine groups is 1. The highest BCUT2D eigenvalue weighted by atomic mass is 32.1. The SMILES string of the molecule is CN=C(NCc1nc(C(C)(C)C)cs1)N(C)Cc1ccc2c(c1)OCCO2. The standard InChI is InChI=1S/C20H28N4O2S/c1-20(2,3)17-13-27-18(23-17)11-22-19(21-4)24(5)12-14-6-7-15-16(10-14)26-9-8-25-15/h6-7,10,13H,8-9,11-12H2,1-5H3,(H,21,22). The van der Waals surface area contributed by atoms with E-state index >= 15 is 0 Å². The van der Waals surface area contributed by atoms with Crippen molar-refractivity contribution in [3.05, 3.63) is 39.8 Å². The lowest BCUT2D eigenvalue weighted by Gasteiger charge is -2.23. The molecule has 0 radical (unpaired) electrons. The third kappa shape index (κ3) is 4.91. The van der Waals surface area contributed by atoms with Gasteiger partial charge in [0.2, 0.25) is 0 Å². The lowest BCUT2D eigenvalue weighted by molar-refractivity contribution is 0.171. The lowest BCUT2D eigenvalue weighted by Crippen LogP contribution is -2.38. The molecule has 27 heavy (non-hydrogen) atoms. The molecule has 0 saturated heterocycles. The van der Waals surface area contributed by atoms with Crippen LogP contribution >= 0.6 is 11.3 Å². The van der Waals surface area contributed by atoms with Crippen molar-refractivity contribution < 1.29 is 9.47 Å². The molecule has 0 atom stereocenters. The Morgan fingerprint density at radius 2 is 2.00 bits per heavy atom. The highest BCUT2D eigenvalue weighted by molar-refractivity contribution is 7.09. The second kappa shape index (κ2) is 8.17. The second-order valence-electron chi connectivity index (χ2n) is 7.61. The van der Waals surface area contributed by atoms with E-state index in [4.69, 9.17) is 14.5 Å². The van der Waals surface area contributed by atoms with Crippen LogP contribution in [0.2, 0.25) is 0 Å². The van der Waals surface area contributed by atoms with Crippen molar-refractivity contribution in [2.75, 3.05) is 27.3 Å². The Hall–Kier alpha value is -2.28. The fourth-order valence-corrected chi connectivity index (χ4v) is 3.77. The second-order valence-corrected chi connectivity index (χ2v) is 8.55. The largest absolute Gasteiger partial charge is 0.486 e. The van der Waals surface area contributed by atoms with E-state index in [1.807, 2.05) is 19.2 Å². The van der Waals surface area contributed by atoms with E-state index in [-0.39, 0.29) is 5.41 Å². The quantitative estimate of drug-likeness (QED) is 0.642. The summed E-state index contributed by atoms with van der Waals surface area (Å²) in [7, 11) is 3.82. The lowest BCUT2D eigenvalue weighted by atomic mass is 9.93. The number of aliphatic imine (C=N–C) groups is 1. The predicted octanol–water partition coefficient (Wildman–Crippen LogP) is 3.42. The van der Waals surface area contributed by atoms with Crippen LogP contribution in [0.25, 0.3) is 0 Å². The topological polar surface area (TPSA) is 59.0 Å². The molecule has 1 aromatic carbocycles. The average Bonchev–Trinajstić information content (AvgIpc) is 3.11. The molecule has 0 aliphatic carbocycles. The molecule has 7 heteroatoms. The van der Waals surface area contributed by atoms with Crippen LogP contribution in [0.1, 0.15) is 37.0 Å². The summed E-state index contributed by atoms with van der Waals surface area (Å²) < 4.78 is 11.3. The van der Waals surface area contributed by atoms with Crippen molar-refractivity contribution in [3.8, 4) is 11.5 Å². The minimum absolute atomic E-state index is 0.0749. The Morgan fingerprint density at radius 1 is 1.26 bits per heavy atom. The number of benzene rings is 1. The maximum absolute atomic E-state index is 5.67. The summed E-state index contributed by atoms with van der Waals surface area (Å²) in [4.78, 5) is 11.2. The summed E-state index contributed by atoms with van der Waals surface area (Å²) in [6.45, 7) is 9.13. The molecule has 1 aromatic heterocycles. The molecule has 2 heterocycles. The highest BCUT2D eigenvalue weighted by Gasteiger charge is 2.18. The van der Waals surface area contributed by atoms with Crippen LogP contribution in [0.3, 0.4) is 0 Å². The molecule has 0 saturated carbocycles. The van der Waals surface area contributed by atoms with Gasteiger partial charge in [0.1, 0.15) is 18.2 Å². The first kappa shape index (κ1) is 19.5. The monoisotopic (exact) mass is 388 g/mol. The number of aromatic nitrogens is 1. The number of nitrogens with zero attached hydrogens (tertiary/aromatic N) is 3. The van der Waals surface area contributed by atoms with Gasteiger partial charge in [-0.1, -0.05) is 26.8 Å². The van der Waals surface area contributed by atoms with Gasteiger partial charge in [0.15, 0.2) is 17.5 Å². The predicted molar refractivity (Wildman–Crippen MR) is 110 cm³/mol. The van der Waals surface area contributed by atoms with Crippen molar-refractivity contribution in [1.82, 2.24) is 15.2 Å². The third-order valence-electron chi connectivity index (χ3n) is 4.32. The molecule has 1 N–H and O–H groups in total. The van der Waals surface area contributed by atoms with E-state index in [9.17, 15) is 0 Å². The molecule has 0 amide bonds. The Kier molecular flexibility index (Phi) is 5.89. The van der Waals surface area contributed by atoms with Crippen LogP contribution in [-0.4, -0.2) is 43.2 Å². The van der Waals surface area contributed by atoms with Crippen LogP contribution in [0.5, 0.6) is 11.5 Å². The average molecular weight is 389 g/mol. The van der Waals surface area contributed by atoms with E-state index in [1.54, 1.807) is 18.4 Å². The van der Waals surface area contributed by atoms with Crippen molar-refractivity contribution in [2.45, 2.75) is 39.3 Å². The van der Waals surface area contributed by atoms with Gasteiger partial charge in [0, 0.05) is 31.4 Å². The summed E-state index contributed by atoms with van der Waals surface area (Å²) in [5.41, 5.74) is 2.35. The zero-order valence-electron chi connectivity index (χ0n) is 16.7.